The van der Waals surface area contributed by atoms with Crippen LogP contribution < -0.4 is 14.8 Å². The minimum absolute atomic E-state index is 0.209. The monoisotopic (exact) mass is 379 g/mol. The van der Waals surface area contributed by atoms with Crippen molar-refractivity contribution in [2.24, 2.45) is 0 Å². The molecule has 144 valence electrons. The number of halogens is 3. The van der Waals surface area contributed by atoms with E-state index in [4.69, 9.17) is 4.74 Å². The Morgan fingerprint density at radius 2 is 1.67 bits per heavy atom. The van der Waals surface area contributed by atoms with Crippen molar-refractivity contribution in [3.8, 4) is 11.5 Å². The van der Waals surface area contributed by atoms with E-state index in [0.29, 0.717) is 23.6 Å². The highest BCUT2D eigenvalue weighted by molar-refractivity contribution is 6.04. The van der Waals surface area contributed by atoms with Crippen molar-refractivity contribution in [2.45, 2.75) is 26.1 Å². The van der Waals surface area contributed by atoms with Crippen molar-refractivity contribution in [3.63, 3.8) is 0 Å². The fraction of sp³-hybridized carbons (Fsp3) is 0.250. The molecule has 0 heterocycles. The lowest BCUT2D eigenvalue weighted by Crippen LogP contribution is -2.16. The first kappa shape index (κ1) is 20.4. The molecule has 0 aliphatic carbocycles. The third-order valence-electron chi connectivity index (χ3n) is 3.48. The fourth-order valence-corrected chi connectivity index (χ4v) is 2.11. The molecule has 1 N–H and O–H groups in total. The van der Waals surface area contributed by atoms with Crippen LogP contribution in [-0.4, -0.2) is 18.8 Å². The van der Waals surface area contributed by atoms with Crippen LogP contribution in [0.5, 0.6) is 11.5 Å². The molecule has 2 rings (SSSR count). The van der Waals surface area contributed by atoms with Gasteiger partial charge < -0.3 is 14.8 Å². The second kappa shape index (κ2) is 9.66. The number of rotatable bonds is 9. The van der Waals surface area contributed by atoms with Crippen LogP contribution in [-0.2, 0) is 0 Å². The summed E-state index contributed by atoms with van der Waals surface area (Å²) >= 11 is 0. The highest BCUT2D eigenvalue weighted by Crippen LogP contribution is 2.24. The smallest absolute Gasteiger partial charge is 0.494 e. The van der Waals surface area contributed by atoms with E-state index in [1.54, 1.807) is 24.3 Å². The van der Waals surface area contributed by atoms with Gasteiger partial charge in [0.15, 0.2) is 5.78 Å². The summed E-state index contributed by atoms with van der Waals surface area (Å²) in [5.41, 5.74) is 1.03. The molecular weight excluding hydrogens is 359 g/mol. The van der Waals surface area contributed by atoms with Gasteiger partial charge in [0, 0.05) is 23.5 Å². The van der Waals surface area contributed by atoms with Gasteiger partial charge in [0.2, 0.25) is 0 Å². The van der Waals surface area contributed by atoms with Crippen LogP contribution in [0.1, 0.15) is 30.1 Å². The van der Waals surface area contributed by atoms with Crippen molar-refractivity contribution in [3.05, 3.63) is 66.4 Å². The third-order valence-corrected chi connectivity index (χ3v) is 3.48. The zero-order valence-electron chi connectivity index (χ0n) is 14.8. The molecule has 0 aliphatic heterocycles. The van der Waals surface area contributed by atoms with Gasteiger partial charge >= 0.3 is 6.36 Å². The Balaban J connectivity index is 1.85. The Hall–Kier alpha value is -2.96. The number of benzene rings is 2. The van der Waals surface area contributed by atoms with Crippen LogP contribution in [0.2, 0.25) is 0 Å². The Bertz CT molecular complexity index is 754. The molecule has 0 unspecified atom stereocenters. The largest absolute Gasteiger partial charge is 0.573 e. The standard InChI is InChI=1S/C20H20F3NO3/c1-2-3-14-26-17-8-4-15(5-9-17)19(25)12-13-24-16-6-10-18(11-7-16)27-20(21,22)23/h4-13,24H,2-3,14H2,1H3. The zero-order chi connectivity index (χ0) is 19.7. The van der Waals surface area contributed by atoms with Crippen molar-refractivity contribution in [2.75, 3.05) is 11.9 Å². The van der Waals surface area contributed by atoms with Gasteiger partial charge in [0.25, 0.3) is 0 Å². The second-order valence-corrected chi connectivity index (χ2v) is 5.64. The molecule has 2 aromatic carbocycles. The lowest BCUT2D eigenvalue weighted by molar-refractivity contribution is -0.274. The molecular formula is C20H20F3NO3. The Labute approximate surface area is 155 Å². The summed E-state index contributed by atoms with van der Waals surface area (Å²) in [4.78, 5) is 12.1. The van der Waals surface area contributed by atoms with E-state index in [2.05, 4.69) is 17.0 Å². The molecule has 27 heavy (non-hydrogen) atoms. The number of ether oxygens (including phenoxy) is 2. The lowest BCUT2D eigenvalue weighted by Gasteiger charge is -2.09. The molecule has 4 nitrogen and oxygen atoms in total. The number of carbonyl (C=O) groups excluding carboxylic acids is 1. The number of anilines is 1. The summed E-state index contributed by atoms with van der Waals surface area (Å²) in [7, 11) is 0. The molecule has 0 saturated heterocycles. The maximum absolute atomic E-state index is 12.1. The summed E-state index contributed by atoms with van der Waals surface area (Å²) in [5.74, 6) is 0.192. The van der Waals surface area contributed by atoms with E-state index in [1.807, 2.05) is 0 Å². The van der Waals surface area contributed by atoms with E-state index < -0.39 is 6.36 Å². The summed E-state index contributed by atoms with van der Waals surface area (Å²) in [6, 6.07) is 12.0. The van der Waals surface area contributed by atoms with Crippen molar-refractivity contribution < 1.29 is 27.4 Å². The molecule has 0 aliphatic rings. The summed E-state index contributed by atoms with van der Waals surface area (Å²) in [5, 5.41) is 2.82. The van der Waals surface area contributed by atoms with Crippen molar-refractivity contribution in [1.29, 1.82) is 0 Å². The molecule has 7 heteroatoms. The van der Waals surface area contributed by atoms with Crippen LogP contribution >= 0.6 is 0 Å². The van der Waals surface area contributed by atoms with Crippen LogP contribution in [0.3, 0.4) is 0 Å². The minimum Gasteiger partial charge on any atom is -0.494 e. The van der Waals surface area contributed by atoms with Gasteiger partial charge in [-0.1, -0.05) is 13.3 Å². The van der Waals surface area contributed by atoms with Crippen LogP contribution in [0.4, 0.5) is 18.9 Å². The summed E-state index contributed by atoms with van der Waals surface area (Å²) in [6.07, 6.45) is 0.0589. The van der Waals surface area contributed by atoms with E-state index in [-0.39, 0.29) is 11.5 Å². The van der Waals surface area contributed by atoms with E-state index in [0.717, 1.165) is 12.8 Å². The average molecular weight is 379 g/mol. The van der Waals surface area contributed by atoms with Gasteiger partial charge in [0.05, 0.1) is 6.61 Å². The highest BCUT2D eigenvalue weighted by Gasteiger charge is 2.30. The molecule has 0 bridgehead atoms. The topological polar surface area (TPSA) is 47.6 Å². The van der Waals surface area contributed by atoms with E-state index in [9.17, 15) is 18.0 Å². The van der Waals surface area contributed by atoms with Crippen LogP contribution in [0, 0.1) is 0 Å². The molecule has 0 atom stereocenters. The van der Waals surface area contributed by atoms with E-state index in [1.165, 1.54) is 36.5 Å². The number of ketones is 1. The Kier molecular flexibility index (Phi) is 7.28. The maximum Gasteiger partial charge on any atom is 0.573 e. The van der Waals surface area contributed by atoms with Gasteiger partial charge in [0.1, 0.15) is 11.5 Å². The predicted octanol–water partition coefficient (Wildman–Crippen LogP) is 5.57. The minimum atomic E-state index is -4.72. The van der Waals surface area contributed by atoms with Gasteiger partial charge in [-0.25, -0.2) is 0 Å². The molecule has 0 radical (unpaired) electrons. The maximum atomic E-state index is 12.1. The van der Waals surface area contributed by atoms with E-state index >= 15 is 0 Å². The number of hydrogen-bond acceptors (Lipinski definition) is 4. The first-order valence-electron chi connectivity index (χ1n) is 8.43. The fourth-order valence-electron chi connectivity index (χ4n) is 2.11. The number of alkyl halides is 3. The predicted molar refractivity (Wildman–Crippen MR) is 97.1 cm³/mol. The molecule has 2 aromatic rings. The zero-order valence-corrected chi connectivity index (χ0v) is 14.8. The van der Waals surface area contributed by atoms with Crippen molar-refractivity contribution >= 4 is 11.5 Å². The number of allylic oxidation sites excluding steroid dienone is 1. The highest BCUT2D eigenvalue weighted by atomic mass is 19.4. The van der Waals surface area contributed by atoms with Crippen LogP contribution in [0.15, 0.2) is 60.8 Å². The normalized spacial score (nSPS) is 11.4. The summed E-state index contributed by atoms with van der Waals surface area (Å²) in [6.45, 7) is 2.72. The lowest BCUT2D eigenvalue weighted by atomic mass is 10.1. The third kappa shape index (κ3) is 7.43. The number of unbranched alkanes of at least 4 members (excludes halogenated alkanes) is 1. The number of carbonyl (C=O) groups is 1. The first-order chi connectivity index (χ1) is 12.9. The average Bonchev–Trinajstić information content (AvgIpc) is 2.63. The first-order valence-corrected chi connectivity index (χ1v) is 8.43. The Morgan fingerprint density at radius 1 is 1.04 bits per heavy atom. The van der Waals surface area contributed by atoms with Gasteiger partial charge in [-0.2, -0.15) is 0 Å². The van der Waals surface area contributed by atoms with Crippen molar-refractivity contribution in [1.82, 2.24) is 0 Å². The molecule has 0 saturated carbocycles. The molecule has 0 amide bonds. The Morgan fingerprint density at radius 3 is 2.26 bits per heavy atom. The van der Waals surface area contributed by atoms with Gasteiger partial charge in [-0.05, 0) is 55.0 Å². The van der Waals surface area contributed by atoms with Crippen LogP contribution in [0.25, 0.3) is 0 Å². The van der Waals surface area contributed by atoms with Gasteiger partial charge in [-0.3, -0.25) is 4.79 Å². The molecule has 0 aromatic heterocycles. The summed E-state index contributed by atoms with van der Waals surface area (Å²) < 4.78 is 45.6. The number of hydrogen-bond donors (Lipinski definition) is 1. The quantitative estimate of drug-likeness (QED) is 0.351. The second-order valence-electron chi connectivity index (χ2n) is 5.64. The molecule has 0 spiro atoms. The SMILES string of the molecule is CCCCOc1ccc(C(=O)C=CNc2ccc(OC(F)(F)F)cc2)cc1. The number of nitrogens with one attached hydrogen (secondary N) is 1. The van der Waals surface area contributed by atoms with Gasteiger partial charge in [-0.15, -0.1) is 13.2 Å². The molecule has 0 fully saturated rings.